The van der Waals surface area contributed by atoms with E-state index in [0.29, 0.717) is 0 Å². The van der Waals surface area contributed by atoms with Crippen molar-refractivity contribution in [3.63, 3.8) is 0 Å². The van der Waals surface area contributed by atoms with Crippen LogP contribution >= 0.6 is 0 Å². The van der Waals surface area contributed by atoms with Crippen LogP contribution in [0.4, 0.5) is 0 Å². The van der Waals surface area contributed by atoms with Gasteiger partial charge in [-0.15, -0.1) is 0 Å². The van der Waals surface area contributed by atoms with Gasteiger partial charge >= 0.3 is 0 Å². The van der Waals surface area contributed by atoms with Crippen LogP contribution in [0.25, 0.3) is 0 Å². The number of hydrogen-bond acceptors (Lipinski definition) is 3. The summed E-state index contributed by atoms with van der Waals surface area (Å²) in [6.45, 7) is 4.71. The van der Waals surface area contributed by atoms with Crippen LogP contribution in [0, 0.1) is 5.41 Å². The molecule has 0 unspecified atom stereocenters. The molecule has 2 N–H and O–H groups in total. The van der Waals surface area contributed by atoms with E-state index in [2.05, 4.69) is 0 Å². The molecule has 3 nitrogen and oxygen atoms in total. The maximum absolute atomic E-state index is 10.9. The Labute approximate surface area is 67.0 Å². The fourth-order valence-corrected chi connectivity index (χ4v) is 0.718. The normalized spacial score (nSPS) is 14.6. The van der Waals surface area contributed by atoms with Crippen molar-refractivity contribution in [2.45, 2.75) is 33.3 Å². The molecule has 0 spiro atoms. The van der Waals surface area contributed by atoms with E-state index in [-0.39, 0.29) is 18.8 Å². The van der Waals surface area contributed by atoms with Crippen molar-refractivity contribution in [1.82, 2.24) is 0 Å². The lowest BCUT2D eigenvalue weighted by Crippen LogP contribution is -2.36. The second-order valence-corrected chi connectivity index (χ2v) is 3.31. The summed E-state index contributed by atoms with van der Waals surface area (Å²) in [5.74, 6) is -0.0570. The molecule has 0 aromatic rings. The lowest BCUT2D eigenvalue weighted by Gasteiger charge is -2.26. The maximum atomic E-state index is 10.9. The van der Waals surface area contributed by atoms with Crippen LogP contribution in [0.1, 0.15) is 27.2 Å². The van der Waals surface area contributed by atoms with Crippen LogP contribution in [0.2, 0.25) is 0 Å². The molecule has 0 aromatic carbocycles. The number of Topliss-reactive ketones (excluding diaryl/α,β-unsaturated/α-hetero) is 1. The predicted molar refractivity (Wildman–Crippen MR) is 42.2 cm³/mol. The maximum Gasteiger partial charge on any atom is 0.137 e. The van der Waals surface area contributed by atoms with Gasteiger partial charge in [-0.25, -0.2) is 0 Å². The number of aliphatic hydroxyl groups is 2. The van der Waals surface area contributed by atoms with E-state index in [1.54, 1.807) is 13.8 Å². The zero-order chi connectivity index (χ0) is 9.07. The molecular weight excluding hydrogens is 144 g/mol. The fourth-order valence-electron chi connectivity index (χ4n) is 0.718. The molecule has 0 fully saturated rings. The van der Waals surface area contributed by atoms with Gasteiger partial charge in [0, 0.05) is 12.0 Å². The highest BCUT2D eigenvalue weighted by Gasteiger charge is 2.31. The first kappa shape index (κ1) is 10.6. The number of carbonyl (C=O) groups is 1. The molecule has 0 saturated carbocycles. The molecule has 0 radical (unpaired) electrons. The smallest absolute Gasteiger partial charge is 0.137 e. The Morgan fingerprint density at radius 1 is 1.55 bits per heavy atom. The average molecular weight is 160 g/mol. The first-order valence-electron chi connectivity index (χ1n) is 3.73. The van der Waals surface area contributed by atoms with Gasteiger partial charge in [0.25, 0.3) is 0 Å². The molecule has 0 heterocycles. The first-order valence-corrected chi connectivity index (χ1v) is 3.73. The van der Waals surface area contributed by atoms with Gasteiger partial charge in [-0.2, -0.15) is 0 Å². The van der Waals surface area contributed by atoms with Gasteiger partial charge in [-0.05, 0) is 13.3 Å². The Kier molecular flexibility index (Phi) is 3.69. The summed E-state index contributed by atoms with van der Waals surface area (Å²) in [5, 5.41) is 17.9. The second kappa shape index (κ2) is 3.83. The molecule has 66 valence electrons. The number of rotatable bonds is 4. The molecule has 0 rings (SSSR count). The molecule has 1 atom stereocenters. The van der Waals surface area contributed by atoms with Crippen molar-refractivity contribution < 1.29 is 15.0 Å². The summed E-state index contributed by atoms with van der Waals surface area (Å²) in [4.78, 5) is 10.9. The first-order chi connectivity index (χ1) is 4.92. The summed E-state index contributed by atoms with van der Waals surface area (Å²) >= 11 is 0. The average Bonchev–Trinajstić information content (AvgIpc) is 1.88. The van der Waals surface area contributed by atoms with Crippen LogP contribution in [0.3, 0.4) is 0 Å². The zero-order valence-electron chi connectivity index (χ0n) is 7.29. The summed E-state index contributed by atoms with van der Waals surface area (Å²) in [5.41, 5.74) is -0.733. The molecule has 0 amide bonds. The molecule has 3 heteroatoms. The summed E-state index contributed by atoms with van der Waals surface area (Å²) in [6, 6.07) is 0. The zero-order valence-corrected chi connectivity index (χ0v) is 7.29. The van der Waals surface area contributed by atoms with Crippen molar-refractivity contribution >= 4 is 5.78 Å². The van der Waals surface area contributed by atoms with Gasteiger partial charge in [-0.3, -0.25) is 4.79 Å². The third-order valence-electron chi connectivity index (χ3n) is 2.14. The Bertz CT molecular complexity index is 140. The van der Waals surface area contributed by atoms with Crippen molar-refractivity contribution in [2.75, 3.05) is 6.61 Å². The van der Waals surface area contributed by atoms with Crippen molar-refractivity contribution in [2.24, 2.45) is 5.41 Å². The van der Waals surface area contributed by atoms with Gasteiger partial charge in [-0.1, -0.05) is 13.8 Å². The van der Waals surface area contributed by atoms with Crippen molar-refractivity contribution in [3.05, 3.63) is 0 Å². The number of hydrogen-bond donors (Lipinski definition) is 2. The highest BCUT2D eigenvalue weighted by atomic mass is 16.3. The lowest BCUT2D eigenvalue weighted by atomic mass is 9.81. The Hall–Kier alpha value is -0.410. The third-order valence-corrected chi connectivity index (χ3v) is 2.14. The van der Waals surface area contributed by atoms with Crippen LogP contribution in [-0.4, -0.2) is 28.7 Å². The van der Waals surface area contributed by atoms with Gasteiger partial charge in [0.2, 0.25) is 0 Å². The predicted octanol–water partition coefficient (Wildman–Crippen LogP) is 0.345. The molecule has 0 aliphatic carbocycles. The van der Waals surface area contributed by atoms with Crippen molar-refractivity contribution in [1.29, 1.82) is 0 Å². The summed E-state index contributed by atoms with van der Waals surface area (Å²) < 4.78 is 0. The molecular formula is C8H16O3. The number of aliphatic hydroxyl groups excluding tert-OH is 2. The highest BCUT2D eigenvalue weighted by molar-refractivity contribution is 5.82. The topological polar surface area (TPSA) is 57.5 Å². The van der Waals surface area contributed by atoms with Crippen LogP contribution in [0.15, 0.2) is 0 Å². The van der Waals surface area contributed by atoms with Crippen molar-refractivity contribution in [3.8, 4) is 0 Å². The third kappa shape index (κ3) is 2.60. The molecule has 0 saturated heterocycles. The minimum Gasteiger partial charge on any atom is -0.396 e. The standard InChI is InChI=1S/C8H16O3/c1-6(10)8(2,3)7(11)4-5-9/h7,9,11H,4-5H2,1-3H3/t7-/m0/s1. The Morgan fingerprint density at radius 2 is 2.00 bits per heavy atom. The van der Waals surface area contributed by atoms with Crippen LogP contribution < -0.4 is 0 Å². The van der Waals surface area contributed by atoms with E-state index in [9.17, 15) is 9.90 Å². The molecule has 0 aliphatic rings. The van der Waals surface area contributed by atoms with Crippen LogP contribution in [-0.2, 0) is 4.79 Å². The van der Waals surface area contributed by atoms with Gasteiger partial charge in [0.15, 0.2) is 0 Å². The SMILES string of the molecule is CC(=O)C(C)(C)[C@@H](O)CCO. The Balaban J connectivity index is 4.17. The number of carbonyl (C=O) groups excluding carboxylic acids is 1. The monoisotopic (exact) mass is 160 g/mol. The quantitative estimate of drug-likeness (QED) is 0.623. The van der Waals surface area contributed by atoms with Gasteiger partial charge in [0.05, 0.1) is 6.10 Å². The summed E-state index contributed by atoms with van der Waals surface area (Å²) in [6.07, 6.45) is -0.489. The van der Waals surface area contributed by atoms with E-state index in [0.717, 1.165) is 0 Å². The fraction of sp³-hybridized carbons (Fsp3) is 0.875. The van der Waals surface area contributed by atoms with E-state index in [1.807, 2.05) is 0 Å². The second-order valence-electron chi connectivity index (χ2n) is 3.31. The minimum absolute atomic E-state index is 0.0570. The molecule has 11 heavy (non-hydrogen) atoms. The molecule has 0 aliphatic heterocycles. The van der Waals surface area contributed by atoms with E-state index in [1.165, 1.54) is 6.92 Å². The number of ketones is 1. The largest absolute Gasteiger partial charge is 0.396 e. The van der Waals surface area contributed by atoms with E-state index < -0.39 is 11.5 Å². The van der Waals surface area contributed by atoms with Gasteiger partial charge < -0.3 is 10.2 Å². The molecule has 0 bridgehead atoms. The Morgan fingerprint density at radius 3 is 2.27 bits per heavy atom. The van der Waals surface area contributed by atoms with Crippen LogP contribution in [0.5, 0.6) is 0 Å². The van der Waals surface area contributed by atoms with E-state index >= 15 is 0 Å². The lowest BCUT2D eigenvalue weighted by molar-refractivity contribution is -0.131. The van der Waals surface area contributed by atoms with E-state index in [4.69, 9.17) is 5.11 Å². The highest BCUT2D eigenvalue weighted by Crippen LogP contribution is 2.23. The summed E-state index contributed by atoms with van der Waals surface area (Å²) in [7, 11) is 0. The minimum atomic E-state index is -0.745. The molecule has 0 aromatic heterocycles. The van der Waals surface area contributed by atoms with Gasteiger partial charge in [0.1, 0.15) is 5.78 Å².